The Hall–Kier alpha value is -2.65. The number of hydrogen-bond donors (Lipinski definition) is 3. The molecule has 0 spiro atoms. The fourth-order valence-electron chi connectivity index (χ4n) is 2.57. The first kappa shape index (κ1) is 19.1. The van der Waals surface area contributed by atoms with Crippen LogP contribution in [0.5, 0.6) is 0 Å². The van der Waals surface area contributed by atoms with Crippen LogP contribution in [0.2, 0.25) is 5.02 Å². The summed E-state index contributed by atoms with van der Waals surface area (Å²) in [5, 5.41) is 5.30. The van der Waals surface area contributed by atoms with Gasteiger partial charge in [0.05, 0.1) is 22.3 Å². The van der Waals surface area contributed by atoms with Gasteiger partial charge in [0.15, 0.2) is 0 Å². The van der Waals surface area contributed by atoms with Gasteiger partial charge in [-0.25, -0.2) is 4.98 Å². The van der Waals surface area contributed by atoms with E-state index in [2.05, 4.69) is 25.3 Å². The third kappa shape index (κ3) is 4.55. The number of para-hydroxylation sites is 1. The van der Waals surface area contributed by atoms with Gasteiger partial charge in [-0.3, -0.25) is 4.79 Å². The minimum Gasteiger partial charge on any atom is -0.369 e. The number of carbonyl (C=O) groups is 1. The number of amides is 1. The van der Waals surface area contributed by atoms with E-state index in [9.17, 15) is 4.79 Å². The number of fused-ring (bicyclic) bond motifs is 1. The van der Waals surface area contributed by atoms with Gasteiger partial charge in [0.1, 0.15) is 10.9 Å². The molecule has 8 nitrogen and oxygen atoms in total. The van der Waals surface area contributed by atoms with Crippen LogP contribution in [0.3, 0.4) is 0 Å². The number of benzene rings is 1. The Morgan fingerprint density at radius 1 is 1.30 bits per heavy atom. The number of carbonyl (C=O) groups excluding carboxylic acids is 1. The fraction of sp³-hybridized carbons (Fsp3) is 0.235. The van der Waals surface area contributed by atoms with Gasteiger partial charge in [-0.1, -0.05) is 35.5 Å². The molecule has 0 fully saturated rings. The molecule has 0 bridgehead atoms. The molecule has 27 heavy (non-hydrogen) atoms. The second-order valence-electron chi connectivity index (χ2n) is 5.88. The number of aromatic nitrogens is 4. The van der Waals surface area contributed by atoms with Crippen LogP contribution in [0.15, 0.2) is 29.3 Å². The topological polar surface area (TPSA) is 133 Å². The summed E-state index contributed by atoms with van der Waals surface area (Å²) in [5.41, 5.74) is 12.5. The highest BCUT2D eigenvalue weighted by molar-refractivity contribution is 7.99. The zero-order chi connectivity index (χ0) is 19.6. The maximum Gasteiger partial charge on any atom is 0.228 e. The Balaban J connectivity index is 2.01. The monoisotopic (exact) mass is 403 g/mol. The molecular formula is C17H18ClN7OS. The normalized spacial score (nSPS) is 12.1. The van der Waals surface area contributed by atoms with Gasteiger partial charge in [0.25, 0.3) is 0 Å². The van der Waals surface area contributed by atoms with Crippen LogP contribution >= 0.6 is 23.4 Å². The smallest absolute Gasteiger partial charge is 0.228 e. The molecule has 0 aliphatic rings. The van der Waals surface area contributed by atoms with E-state index < -0.39 is 5.91 Å². The van der Waals surface area contributed by atoms with Crippen LogP contribution in [-0.2, 0) is 4.79 Å². The first-order chi connectivity index (χ1) is 12.8. The van der Waals surface area contributed by atoms with Crippen molar-refractivity contribution in [2.75, 3.05) is 16.8 Å². The van der Waals surface area contributed by atoms with Crippen LogP contribution in [0, 0.1) is 6.92 Å². The van der Waals surface area contributed by atoms with E-state index in [1.807, 2.05) is 25.1 Å². The van der Waals surface area contributed by atoms with Crippen molar-refractivity contribution in [2.45, 2.75) is 24.9 Å². The van der Waals surface area contributed by atoms with E-state index >= 15 is 0 Å². The molecule has 140 valence electrons. The number of thioether (sulfide) groups is 1. The molecule has 2 aromatic heterocycles. The minimum atomic E-state index is -0.423. The summed E-state index contributed by atoms with van der Waals surface area (Å²) < 4.78 is 0. The zero-order valence-electron chi connectivity index (χ0n) is 14.7. The van der Waals surface area contributed by atoms with Crippen molar-refractivity contribution in [3.63, 3.8) is 0 Å². The Morgan fingerprint density at radius 2 is 2.07 bits per heavy atom. The summed E-state index contributed by atoms with van der Waals surface area (Å²) in [6.07, 6.45) is 0. The average Bonchev–Trinajstić information content (AvgIpc) is 2.58. The molecule has 0 aliphatic carbocycles. The van der Waals surface area contributed by atoms with Crippen molar-refractivity contribution in [2.24, 2.45) is 5.73 Å². The van der Waals surface area contributed by atoms with Crippen molar-refractivity contribution in [1.29, 1.82) is 0 Å². The first-order valence-corrected chi connectivity index (χ1v) is 9.45. The van der Waals surface area contributed by atoms with Gasteiger partial charge >= 0.3 is 0 Å². The standard InChI is InChI=1S/C17H18ClN7OS/c1-8(21-17-23-9(2)22-16(20)25-17)11-6-10-4-3-5-12(18)14(10)24-15(11)27-7-13(19)26/h3-6,8H,7H2,1-2H3,(H2,19,26)(H3,20,21,22,23,25)/t8-/m0/s1. The van der Waals surface area contributed by atoms with Crippen LogP contribution in [-0.4, -0.2) is 31.6 Å². The van der Waals surface area contributed by atoms with Crippen molar-refractivity contribution < 1.29 is 4.79 Å². The largest absolute Gasteiger partial charge is 0.369 e. The van der Waals surface area contributed by atoms with Gasteiger partial charge in [-0.2, -0.15) is 15.0 Å². The van der Waals surface area contributed by atoms with Gasteiger partial charge < -0.3 is 16.8 Å². The summed E-state index contributed by atoms with van der Waals surface area (Å²) >= 11 is 7.53. The highest BCUT2D eigenvalue weighted by Gasteiger charge is 2.17. The van der Waals surface area contributed by atoms with Crippen LogP contribution < -0.4 is 16.8 Å². The van der Waals surface area contributed by atoms with E-state index in [0.717, 1.165) is 10.9 Å². The van der Waals surface area contributed by atoms with Gasteiger partial charge in [0.2, 0.25) is 17.8 Å². The second kappa shape index (κ2) is 7.93. The highest BCUT2D eigenvalue weighted by Crippen LogP contribution is 2.32. The lowest BCUT2D eigenvalue weighted by atomic mass is 10.1. The summed E-state index contributed by atoms with van der Waals surface area (Å²) in [5.74, 6) is 0.714. The number of anilines is 2. The number of nitrogens with zero attached hydrogens (tertiary/aromatic N) is 4. The lowest BCUT2D eigenvalue weighted by molar-refractivity contribution is -0.115. The molecule has 1 amide bonds. The Kier molecular flexibility index (Phi) is 5.62. The van der Waals surface area contributed by atoms with E-state index in [1.165, 1.54) is 11.8 Å². The summed E-state index contributed by atoms with van der Waals surface area (Å²) in [4.78, 5) is 28.2. The number of nitrogens with one attached hydrogen (secondary N) is 1. The summed E-state index contributed by atoms with van der Waals surface area (Å²) in [7, 11) is 0. The summed E-state index contributed by atoms with van der Waals surface area (Å²) in [6, 6.07) is 7.33. The molecule has 5 N–H and O–H groups in total. The average molecular weight is 404 g/mol. The van der Waals surface area contributed by atoms with Crippen molar-refractivity contribution in [3.05, 3.63) is 40.7 Å². The molecule has 10 heteroatoms. The SMILES string of the molecule is Cc1nc(N)nc(N[C@@H](C)c2cc3cccc(Cl)c3nc2SCC(N)=O)n1. The quantitative estimate of drug-likeness (QED) is 0.535. The van der Waals surface area contributed by atoms with Crippen LogP contribution in [0.25, 0.3) is 10.9 Å². The number of nitrogens with two attached hydrogens (primary N) is 2. The molecule has 3 aromatic rings. The highest BCUT2D eigenvalue weighted by atomic mass is 35.5. The lowest BCUT2D eigenvalue weighted by Crippen LogP contribution is -2.15. The molecular weight excluding hydrogens is 386 g/mol. The van der Waals surface area contributed by atoms with Crippen molar-refractivity contribution in [3.8, 4) is 0 Å². The van der Waals surface area contributed by atoms with Crippen LogP contribution in [0.1, 0.15) is 24.4 Å². The van der Waals surface area contributed by atoms with E-state index in [1.54, 1.807) is 13.0 Å². The van der Waals surface area contributed by atoms with Crippen LogP contribution in [0.4, 0.5) is 11.9 Å². The molecule has 1 aromatic carbocycles. The number of aryl methyl sites for hydroxylation is 1. The minimum absolute atomic E-state index is 0.112. The van der Waals surface area contributed by atoms with E-state index in [0.29, 0.717) is 27.3 Å². The third-order valence-electron chi connectivity index (χ3n) is 3.72. The molecule has 0 aliphatic heterocycles. The predicted octanol–water partition coefficient (Wildman–Crippen LogP) is 2.71. The Labute approximate surface area is 165 Å². The van der Waals surface area contributed by atoms with Crippen molar-refractivity contribution in [1.82, 2.24) is 19.9 Å². The Bertz CT molecular complexity index is 994. The first-order valence-electron chi connectivity index (χ1n) is 8.08. The maximum absolute atomic E-state index is 11.2. The number of hydrogen-bond acceptors (Lipinski definition) is 8. The van der Waals surface area contributed by atoms with E-state index in [4.69, 9.17) is 23.1 Å². The number of halogens is 1. The number of nitrogen functional groups attached to an aromatic ring is 1. The molecule has 1 atom stereocenters. The number of pyridine rings is 1. The van der Waals surface area contributed by atoms with Gasteiger partial charge in [0, 0.05) is 10.9 Å². The zero-order valence-corrected chi connectivity index (χ0v) is 16.3. The number of primary amides is 1. The molecule has 0 radical (unpaired) electrons. The maximum atomic E-state index is 11.2. The molecule has 0 saturated carbocycles. The summed E-state index contributed by atoms with van der Waals surface area (Å²) in [6.45, 7) is 3.68. The molecule has 2 heterocycles. The molecule has 0 unspecified atom stereocenters. The van der Waals surface area contributed by atoms with Crippen molar-refractivity contribution >= 4 is 52.1 Å². The van der Waals surface area contributed by atoms with E-state index in [-0.39, 0.29) is 17.7 Å². The third-order valence-corrected chi connectivity index (χ3v) is 5.05. The molecule has 0 saturated heterocycles. The second-order valence-corrected chi connectivity index (χ2v) is 7.25. The molecule has 3 rings (SSSR count). The Morgan fingerprint density at radius 3 is 2.78 bits per heavy atom. The lowest BCUT2D eigenvalue weighted by Gasteiger charge is -2.18. The van der Waals surface area contributed by atoms with Gasteiger partial charge in [-0.05, 0) is 26.0 Å². The van der Waals surface area contributed by atoms with Gasteiger partial charge in [-0.15, -0.1) is 0 Å². The predicted molar refractivity (Wildman–Crippen MR) is 108 cm³/mol. The number of rotatable bonds is 6. The fourth-order valence-corrected chi connectivity index (χ4v) is 3.63.